The first-order valence-electron chi connectivity index (χ1n) is 6.96. The molecule has 4 fully saturated rings. The third-order valence-electron chi connectivity index (χ3n) is 5.66. The van der Waals surface area contributed by atoms with Crippen LogP contribution < -0.4 is 0 Å². The number of benzene rings is 1. The van der Waals surface area contributed by atoms with Gasteiger partial charge in [-0.25, -0.2) is 0 Å². The van der Waals surface area contributed by atoms with E-state index in [1.165, 1.54) is 38.5 Å². The Morgan fingerprint density at radius 3 is 2.12 bits per heavy atom. The lowest BCUT2D eigenvalue weighted by atomic mass is 9.33. The van der Waals surface area contributed by atoms with Gasteiger partial charge in [0.05, 0.1) is 0 Å². The SMILES string of the molecule is c1ccc(C23CC(C2)C3C2CCCC2)cc1. The van der Waals surface area contributed by atoms with Crippen LogP contribution in [0, 0.1) is 17.8 Å². The van der Waals surface area contributed by atoms with E-state index in [1.54, 1.807) is 5.56 Å². The molecule has 4 saturated carbocycles. The monoisotopic (exact) mass is 212 g/mol. The van der Waals surface area contributed by atoms with Gasteiger partial charge in [0.25, 0.3) is 0 Å². The highest BCUT2D eigenvalue weighted by atomic mass is 14.7. The largest absolute Gasteiger partial charge is 0.0622 e. The molecule has 4 aliphatic rings. The van der Waals surface area contributed by atoms with E-state index in [-0.39, 0.29) is 0 Å². The molecule has 1 atom stereocenters. The second-order valence-corrected chi connectivity index (χ2v) is 6.26. The van der Waals surface area contributed by atoms with Crippen LogP contribution in [0.1, 0.15) is 44.1 Å². The van der Waals surface area contributed by atoms with Gasteiger partial charge in [0, 0.05) is 0 Å². The minimum atomic E-state index is 0.640. The number of hydrogen-bond acceptors (Lipinski definition) is 0. The highest BCUT2D eigenvalue weighted by Crippen LogP contribution is 2.72. The summed E-state index contributed by atoms with van der Waals surface area (Å²) in [5.74, 6) is 3.24. The van der Waals surface area contributed by atoms with E-state index in [1.807, 2.05) is 0 Å². The van der Waals surface area contributed by atoms with Crippen LogP contribution in [0.5, 0.6) is 0 Å². The van der Waals surface area contributed by atoms with Crippen molar-refractivity contribution in [2.24, 2.45) is 17.8 Å². The highest BCUT2D eigenvalue weighted by Gasteiger charge is 2.67. The Hall–Kier alpha value is -0.780. The van der Waals surface area contributed by atoms with Crippen molar-refractivity contribution in [2.75, 3.05) is 0 Å². The zero-order chi connectivity index (χ0) is 10.6. The van der Waals surface area contributed by atoms with Crippen LogP contribution in [0.3, 0.4) is 0 Å². The van der Waals surface area contributed by atoms with Gasteiger partial charge in [-0.3, -0.25) is 0 Å². The fourth-order valence-electron chi connectivity index (χ4n) is 4.88. The lowest BCUT2D eigenvalue weighted by molar-refractivity contribution is -0.150. The summed E-state index contributed by atoms with van der Waals surface area (Å²) in [6.45, 7) is 0. The average Bonchev–Trinajstić information content (AvgIpc) is 2.69. The molecular weight excluding hydrogens is 192 g/mol. The summed E-state index contributed by atoms with van der Waals surface area (Å²) in [6.07, 6.45) is 9.04. The summed E-state index contributed by atoms with van der Waals surface area (Å²) in [7, 11) is 0. The summed E-state index contributed by atoms with van der Waals surface area (Å²) in [6, 6.07) is 11.3. The van der Waals surface area contributed by atoms with E-state index in [0.29, 0.717) is 5.41 Å². The molecule has 1 unspecified atom stereocenters. The van der Waals surface area contributed by atoms with Crippen LogP contribution in [0.25, 0.3) is 0 Å². The van der Waals surface area contributed by atoms with Crippen molar-refractivity contribution >= 4 is 0 Å². The van der Waals surface area contributed by atoms with Crippen molar-refractivity contribution in [1.29, 1.82) is 0 Å². The molecule has 0 N–H and O–H groups in total. The normalized spacial score (nSPS) is 41.5. The van der Waals surface area contributed by atoms with Crippen LogP contribution >= 0.6 is 0 Å². The summed E-state index contributed by atoms with van der Waals surface area (Å²) < 4.78 is 0. The number of hydrogen-bond donors (Lipinski definition) is 0. The molecule has 5 rings (SSSR count). The minimum absolute atomic E-state index is 0.640. The maximum Gasteiger partial charge on any atom is -0.000798 e. The van der Waals surface area contributed by atoms with Crippen molar-refractivity contribution in [3.8, 4) is 0 Å². The van der Waals surface area contributed by atoms with Crippen molar-refractivity contribution in [3.63, 3.8) is 0 Å². The van der Waals surface area contributed by atoms with Crippen molar-refractivity contribution in [3.05, 3.63) is 35.9 Å². The van der Waals surface area contributed by atoms with Crippen molar-refractivity contribution in [2.45, 2.75) is 43.9 Å². The number of rotatable bonds is 2. The first-order chi connectivity index (χ1) is 7.90. The third kappa shape index (κ3) is 1.01. The molecule has 0 aliphatic heterocycles. The van der Waals surface area contributed by atoms with Crippen LogP contribution in [-0.2, 0) is 5.41 Å². The Labute approximate surface area is 98.1 Å². The lowest BCUT2D eigenvalue weighted by Gasteiger charge is -2.71. The molecule has 0 spiro atoms. The quantitative estimate of drug-likeness (QED) is 0.690. The Morgan fingerprint density at radius 2 is 1.56 bits per heavy atom. The maximum atomic E-state index is 2.37. The van der Waals surface area contributed by atoms with E-state index in [9.17, 15) is 0 Å². The van der Waals surface area contributed by atoms with Gasteiger partial charge in [0.15, 0.2) is 0 Å². The highest BCUT2D eigenvalue weighted by molar-refractivity contribution is 5.38. The van der Waals surface area contributed by atoms with E-state index in [0.717, 1.165) is 17.8 Å². The fourth-order valence-corrected chi connectivity index (χ4v) is 4.88. The first kappa shape index (κ1) is 9.27. The molecule has 0 heterocycles. The van der Waals surface area contributed by atoms with Gasteiger partial charge in [-0.2, -0.15) is 0 Å². The zero-order valence-electron chi connectivity index (χ0n) is 9.86. The predicted octanol–water partition coefficient (Wildman–Crippen LogP) is 4.15. The van der Waals surface area contributed by atoms with E-state index < -0.39 is 0 Å². The second-order valence-electron chi connectivity index (χ2n) is 6.26. The maximum absolute atomic E-state index is 2.37. The third-order valence-corrected chi connectivity index (χ3v) is 5.66. The average molecular weight is 212 g/mol. The molecule has 4 aliphatic carbocycles. The molecule has 0 nitrogen and oxygen atoms in total. The Morgan fingerprint density at radius 1 is 0.875 bits per heavy atom. The molecule has 2 bridgehead atoms. The minimum Gasteiger partial charge on any atom is -0.0622 e. The standard InChI is InChI=1S/C16H20/c1-2-8-14(9-3-1)16-10-13(11-16)15(16)12-6-4-5-7-12/h1-3,8-9,12-13,15H,4-7,10-11H2. The van der Waals surface area contributed by atoms with Gasteiger partial charge in [0.1, 0.15) is 0 Å². The topological polar surface area (TPSA) is 0 Å². The van der Waals surface area contributed by atoms with E-state index >= 15 is 0 Å². The van der Waals surface area contributed by atoms with E-state index in [4.69, 9.17) is 0 Å². The van der Waals surface area contributed by atoms with Crippen molar-refractivity contribution < 1.29 is 0 Å². The lowest BCUT2D eigenvalue weighted by Crippen LogP contribution is -2.66. The van der Waals surface area contributed by atoms with Crippen LogP contribution in [0.15, 0.2) is 30.3 Å². The molecule has 84 valence electrons. The van der Waals surface area contributed by atoms with Gasteiger partial charge in [-0.15, -0.1) is 0 Å². The van der Waals surface area contributed by atoms with Gasteiger partial charge >= 0.3 is 0 Å². The van der Waals surface area contributed by atoms with Gasteiger partial charge in [0.2, 0.25) is 0 Å². The molecule has 0 heteroatoms. The first-order valence-corrected chi connectivity index (χ1v) is 6.96. The van der Waals surface area contributed by atoms with Crippen LogP contribution in [0.4, 0.5) is 0 Å². The Bertz CT molecular complexity index is 380. The molecule has 0 saturated heterocycles. The van der Waals surface area contributed by atoms with Crippen LogP contribution in [-0.4, -0.2) is 0 Å². The molecular formula is C16H20. The molecule has 1 aromatic carbocycles. The van der Waals surface area contributed by atoms with Crippen molar-refractivity contribution in [1.82, 2.24) is 0 Å². The molecule has 0 radical (unpaired) electrons. The molecule has 16 heavy (non-hydrogen) atoms. The Balaban J connectivity index is 1.63. The molecule has 0 amide bonds. The Kier molecular flexibility index (Phi) is 1.81. The van der Waals surface area contributed by atoms with Gasteiger partial charge in [-0.1, -0.05) is 56.0 Å². The van der Waals surface area contributed by atoms with E-state index in [2.05, 4.69) is 30.3 Å². The van der Waals surface area contributed by atoms with Gasteiger partial charge < -0.3 is 0 Å². The predicted molar refractivity (Wildman–Crippen MR) is 66.3 cm³/mol. The van der Waals surface area contributed by atoms with Gasteiger partial charge in [-0.05, 0) is 41.6 Å². The molecule has 1 aromatic rings. The summed E-state index contributed by atoms with van der Waals surface area (Å²) in [4.78, 5) is 0. The summed E-state index contributed by atoms with van der Waals surface area (Å²) >= 11 is 0. The second kappa shape index (κ2) is 3.12. The van der Waals surface area contributed by atoms with Crippen LogP contribution in [0.2, 0.25) is 0 Å². The molecule has 0 aromatic heterocycles. The summed E-state index contributed by atoms with van der Waals surface area (Å²) in [5, 5.41) is 0. The zero-order valence-corrected chi connectivity index (χ0v) is 9.86. The fraction of sp³-hybridized carbons (Fsp3) is 0.625. The smallest absolute Gasteiger partial charge is 0.000798 e. The summed E-state index contributed by atoms with van der Waals surface area (Å²) in [5.41, 5.74) is 2.29.